The average molecular weight is 377 g/mol. The van der Waals surface area contributed by atoms with Crippen molar-refractivity contribution in [3.05, 3.63) is 66.0 Å². The molecule has 4 rings (SSSR count). The highest BCUT2D eigenvalue weighted by molar-refractivity contribution is 5.78. The predicted molar refractivity (Wildman–Crippen MR) is 105 cm³/mol. The molecule has 1 atom stereocenters. The second kappa shape index (κ2) is 8.22. The SMILES string of the molecule is CC1CN(CC(=O)NCc2nc(-c3ccccc3)n[nH]2)Cc2ccccc2O1. The molecule has 7 nitrogen and oxygen atoms in total. The lowest BCUT2D eigenvalue weighted by Crippen LogP contribution is -2.39. The van der Waals surface area contributed by atoms with Crippen LogP contribution >= 0.6 is 0 Å². The van der Waals surface area contributed by atoms with Crippen LogP contribution < -0.4 is 10.1 Å². The summed E-state index contributed by atoms with van der Waals surface area (Å²) >= 11 is 0. The largest absolute Gasteiger partial charge is 0.489 e. The minimum atomic E-state index is -0.0516. The van der Waals surface area contributed by atoms with Crippen molar-refractivity contribution in [2.45, 2.75) is 26.1 Å². The molecular weight excluding hydrogens is 354 g/mol. The number of hydrogen-bond acceptors (Lipinski definition) is 5. The Morgan fingerprint density at radius 1 is 1.21 bits per heavy atom. The van der Waals surface area contributed by atoms with Crippen LogP contribution in [0.1, 0.15) is 18.3 Å². The zero-order valence-electron chi connectivity index (χ0n) is 15.8. The van der Waals surface area contributed by atoms with Crippen molar-refractivity contribution in [3.63, 3.8) is 0 Å². The first kappa shape index (κ1) is 18.2. The number of para-hydroxylation sites is 1. The quantitative estimate of drug-likeness (QED) is 0.713. The highest BCUT2D eigenvalue weighted by Crippen LogP contribution is 2.24. The number of amides is 1. The Hall–Kier alpha value is -3.19. The van der Waals surface area contributed by atoms with Crippen molar-refractivity contribution < 1.29 is 9.53 Å². The summed E-state index contributed by atoms with van der Waals surface area (Å²) < 4.78 is 5.95. The molecule has 3 aromatic rings. The number of carbonyl (C=O) groups is 1. The minimum Gasteiger partial charge on any atom is -0.489 e. The predicted octanol–water partition coefficient (Wildman–Crippen LogP) is 2.37. The van der Waals surface area contributed by atoms with E-state index in [1.54, 1.807) is 0 Å². The molecule has 0 saturated carbocycles. The van der Waals surface area contributed by atoms with E-state index in [0.717, 1.165) is 16.9 Å². The first-order valence-corrected chi connectivity index (χ1v) is 9.37. The van der Waals surface area contributed by atoms with Gasteiger partial charge in [-0.3, -0.25) is 14.8 Å². The lowest BCUT2D eigenvalue weighted by Gasteiger charge is -2.21. The highest BCUT2D eigenvalue weighted by atomic mass is 16.5. The zero-order chi connectivity index (χ0) is 19.3. The number of fused-ring (bicyclic) bond motifs is 1. The zero-order valence-corrected chi connectivity index (χ0v) is 15.8. The summed E-state index contributed by atoms with van der Waals surface area (Å²) in [5.41, 5.74) is 2.04. The summed E-state index contributed by atoms with van der Waals surface area (Å²) in [6.45, 7) is 4.03. The van der Waals surface area contributed by atoms with Gasteiger partial charge in [-0.25, -0.2) is 4.98 Å². The molecule has 0 fully saturated rings. The van der Waals surface area contributed by atoms with Gasteiger partial charge in [-0.05, 0) is 13.0 Å². The van der Waals surface area contributed by atoms with Gasteiger partial charge in [0.25, 0.3) is 0 Å². The van der Waals surface area contributed by atoms with Crippen molar-refractivity contribution in [2.75, 3.05) is 13.1 Å². The molecule has 0 saturated heterocycles. The Bertz CT molecular complexity index is 941. The fourth-order valence-electron chi connectivity index (χ4n) is 3.32. The van der Waals surface area contributed by atoms with Crippen molar-refractivity contribution in [2.24, 2.45) is 0 Å². The number of aromatic nitrogens is 3. The molecule has 1 unspecified atom stereocenters. The number of benzene rings is 2. The molecule has 0 spiro atoms. The fourth-order valence-corrected chi connectivity index (χ4v) is 3.32. The van der Waals surface area contributed by atoms with Crippen LogP contribution in [0.5, 0.6) is 5.75 Å². The Morgan fingerprint density at radius 3 is 2.86 bits per heavy atom. The lowest BCUT2D eigenvalue weighted by atomic mass is 10.2. The summed E-state index contributed by atoms with van der Waals surface area (Å²) in [7, 11) is 0. The van der Waals surface area contributed by atoms with Crippen LogP contribution in [0.4, 0.5) is 0 Å². The van der Waals surface area contributed by atoms with E-state index in [1.165, 1.54) is 0 Å². The van der Waals surface area contributed by atoms with Crippen LogP contribution in [-0.2, 0) is 17.9 Å². The molecule has 0 aliphatic carbocycles. The van der Waals surface area contributed by atoms with E-state index in [0.29, 0.717) is 37.8 Å². The van der Waals surface area contributed by atoms with Crippen molar-refractivity contribution in [3.8, 4) is 17.1 Å². The van der Waals surface area contributed by atoms with Crippen molar-refractivity contribution >= 4 is 5.91 Å². The van der Waals surface area contributed by atoms with Gasteiger partial charge in [-0.1, -0.05) is 48.5 Å². The standard InChI is InChI=1S/C21H23N5O2/c1-15-12-26(13-17-9-5-6-10-18(17)28-15)14-20(27)22-11-19-23-21(25-24-19)16-7-3-2-4-8-16/h2-10,15H,11-14H2,1H3,(H,22,27)(H,23,24,25). The van der Waals surface area contributed by atoms with Gasteiger partial charge in [-0.15, -0.1) is 0 Å². The summed E-state index contributed by atoms with van der Waals surface area (Å²) in [6.07, 6.45) is 0.0270. The van der Waals surface area contributed by atoms with Crippen molar-refractivity contribution in [1.82, 2.24) is 25.4 Å². The highest BCUT2D eigenvalue weighted by Gasteiger charge is 2.21. The second-order valence-corrected chi connectivity index (χ2v) is 6.95. The van der Waals surface area contributed by atoms with E-state index in [9.17, 15) is 4.79 Å². The number of carbonyl (C=O) groups excluding carboxylic acids is 1. The lowest BCUT2D eigenvalue weighted by molar-refractivity contribution is -0.122. The fraction of sp³-hybridized carbons (Fsp3) is 0.286. The van der Waals surface area contributed by atoms with Crippen LogP contribution in [0.3, 0.4) is 0 Å². The minimum absolute atomic E-state index is 0.0270. The second-order valence-electron chi connectivity index (χ2n) is 6.95. The molecular formula is C21H23N5O2. The summed E-state index contributed by atoms with van der Waals surface area (Å²) in [5, 5.41) is 10.0. The topological polar surface area (TPSA) is 83.1 Å². The molecule has 28 heavy (non-hydrogen) atoms. The molecule has 2 aromatic carbocycles. The first-order chi connectivity index (χ1) is 13.7. The van der Waals surface area contributed by atoms with E-state index in [-0.39, 0.29) is 12.0 Å². The molecule has 0 radical (unpaired) electrons. The third kappa shape index (κ3) is 4.37. The van der Waals surface area contributed by atoms with E-state index >= 15 is 0 Å². The number of aromatic amines is 1. The number of hydrogen-bond donors (Lipinski definition) is 2. The molecule has 1 aromatic heterocycles. The Balaban J connectivity index is 1.33. The molecule has 2 N–H and O–H groups in total. The average Bonchev–Trinajstić information content (AvgIpc) is 3.11. The van der Waals surface area contributed by atoms with E-state index in [1.807, 2.05) is 61.5 Å². The number of nitrogens with one attached hydrogen (secondary N) is 2. The van der Waals surface area contributed by atoms with E-state index in [2.05, 4.69) is 25.4 Å². The number of rotatable bonds is 5. The van der Waals surface area contributed by atoms with Crippen LogP contribution in [-0.4, -0.2) is 45.2 Å². The smallest absolute Gasteiger partial charge is 0.234 e. The molecule has 1 aliphatic rings. The van der Waals surface area contributed by atoms with Crippen LogP contribution in [0.25, 0.3) is 11.4 Å². The molecule has 0 bridgehead atoms. The molecule has 1 amide bonds. The van der Waals surface area contributed by atoms with Crippen molar-refractivity contribution in [1.29, 1.82) is 0 Å². The van der Waals surface area contributed by atoms with Gasteiger partial charge in [0.05, 0.1) is 13.1 Å². The van der Waals surface area contributed by atoms with Gasteiger partial charge in [0.2, 0.25) is 5.91 Å². The van der Waals surface area contributed by atoms with Gasteiger partial charge >= 0.3 is 0 Å². The monoisotopic (exact) mass is 377 g/mol. The van der Waals surface area contributed by atoms with Gasteiger partial charge in [0.15, 0.2) is 5.82 Å². The maximum Gasteiger partial charge on any atom is 0.234 e. The summed E-state index contributed by atoms with van der Waals surface area (Å²) in [4.78, 5) is 19.0. The molecule has 144 valence electrons. The van der Waals surface area contributed by atoms with Crippen LogP contribution in [0.2, 0.25) is 0 Å². The normalized spacial score (nSPS) is 16.7. The third-order valence-corrected chi connectivity index (χ3v) is 4.59. The Morgan fingerprint density at radius 2 is 2.00 bits per heavy atom. The van der Waals surface area contributed by atoms with Crippen LogP contribution in [0, 0.1) is 0 Å². The van der Waals surface area contributed by atoms with Gasteiger partial charge < -0.3 is 10.1 Å². The number of ether oxygens (including phenoxy) is 1. The molecule has 2 heterocycles. The van der Waals surface area contributed by atoms with Gasteiger partial charge in [0.1, 0.15) is 17.7 Å². The van der Waals surface area contributed by atoms with Gasteiger partial charge in [0, 0.05) is 24.2 Å². The number of nitrogens with zero attached hydrogens (tertiary/aromatic N) is 3. The Labute approximate surface area is 163 Å². The van der Waals surface area contributed by atoms with Gasteiger partial charge in [-0.2, -0.15) is 5.10 Å². The summed E-state index contributed by atoms with van der Waals surface area (Å²) in [6, 6.07) is 17.7. The maximum absolute atomic E-state index is 12.4. The van der Waals surface area contributed by atoms with Crippen LogP contribution in [0.15, 0.2) is 54.6 Å². The van der Waals surface area contributed by atoms with E-state index < -0.39 is 0 Å². The summed E-state index contributed by atoms with van der Waals surface area (Å²) in [5.74, 6) is 2.10. The Kier molecular flexibility index (Phi) is 5.34. The maximum atomic E-state index is 12.4. The molecule has 7 heteroatoms. The number of H-pyrrole nitrogens is 1. The van der Waals surface area contributed by atoms with E-state index in [4.69, 9.17) is 4.74 Å². The molecule has 1 aliphatic heterocycles. The first-order valence-electron chi connectivity index (χ1n) is 9.37. The third-order valence-electron chi connectivity index (χ3n) is 4.59.